The van der Waals surface area contributed by atoms with E-state index in [9.17, 15) is 4.79 Å². The number of hydrogen-bond donors (Lipinski definition) is 2. The van der Waals surface area contributed by atoms with Crippen LogP contribution in [0.3, 0.4) is 0 Å². The summed E-state index contributed by atoms with van der Waals surface area (Å²) >= 11 is 7.68. The van der Waals surface area contributed by atoms with E-state index in [1.54, 1.807) is 23.5 Å². The standard InChI is InChI=1S/C16H19ClN2OS/c1-3-13(15-6-5-9-21-15)19-16(20)12-10-11(17)7-8-14(12)18-4-2/h5-10,13,18H,3-4H2,1-2H3,(H,19,20). The van der Waals surface area contributed by atoms with Crippen molar-refractivity contribution < 1.29 is 4.79 Å². The Morgan fingerprint density at radius 3 is 2.76 bits per heavy atom. The maximum Gasteiger partial charge on any atom is 0.253 e. The van der Waals surface area contributed by atoms with E-state index in [-0.39, 0.29) is 11.9 Å². The number of rotatable bonds is 6. The molecule has 1 aromatic carbocycles. The fourth-order valence-electron chi connectivity index (χ4n) is 2.15. The minimum absolute atomic E-state index is 0.0333. The first-order chi connectivity index (χ1) is 10.2. The maximum atomic E-state index is 12.6. The molecule has 2 N–H and O–H groups in total. The van der Waals surface area contributed by atoms with Gasteiger partial charge in [-0.2, -0.15) is 0 Å². The van der Waals surface area contributed by atoms with Crippen molar-refractivity contribution in [3.05, 3.63) is 51.2 Å². The summed E-state index contributed by atoms with van der Waals surface area (Å²) in [6, 6.07) is 9.40. The number of anilines is 1. The minimum Gasteiger partial charge on any atom is -0.385 e. The molecule has 5 heteroatoms. The van der Waals surface area contributed by atoms with Crippen LogP contribution in [0.25, 0.3) is 0 Å². The van der Waals surface area contributed by atoms with E-state index in [2.05, 4.69) is 17.6 Å². The van der Waals surface area contributed by atoms with Gasteiger partial charge in [-0.25, -0.2) is 0 Å². The molecule has 112 valence electrons. The Balaban J connectivity index is 2.21. The second kappa shape index (κ2) is 7.48. The van der Waals surface area contributed by atoms with E-state index < -0.39 is 0 Å². The van der Waals surface area contributed by atoms with E-state index in [1.165, 1.54) is 0 Å². The highest BCUT2D eigenvalue weighted by Gasteiger charge is 2.17. The molecule has 0 fully saturated rings. The van der Waals surface area contributed by atoms with Gasteiger partial charge in [0.1, 0.15) is 0 Å². The Bertz CT molecular complexity index is 598. The quantitative estimate of drug-likeness (QED) is 0.808. The smallest absolute Gasteiger partial charge is 0.253 e. The second-order valence-corrected chi connectivity index (χ2v) is 6.09. The lowest BCUT2D eigenvalue weighted by Gasteiger charge is -2.17. The SMILES string of the molecule is CCNc1ccc(Cl)cc1C(=O)NC(CC)c1cccs1. The number of benzene rings is 1. The molecule has 0 bridgehead atoms. The van der Waals surface area contributed by atoms with Crippen LogP contribution in [0.4, 0.5) is 5.69 Å². The van der Waals surface area contributed by atoms with Gasteiger partial charge in [-0.15, -0.1) is 11.3 Å². The Hall–Kier alpha value is -1.52. The highest BCUT2D eigenvalue weighted by molar-refractivity contribution is 7.10. The predicted octanol–water partition coefficient (Wildman–Crippen LogP) is 4.71. The van der Waals surface area contributed by atoms with Crippen LogP contribution in [0.2, 0.25) is 5.02 Å². The van der Waals surface area contributed by atoms with Crippen LogP contribution < -0.4 is 10.6 Å². The van der Waals surface area contributed by atoms with Gasteiger partial charge in [0.2, 0.25) is 0 Å². The van der Waals surface area contributed by atoms with Crippen molar-refractivity contribution >= 4 is 34.5 Å². The van der Waals surface area contributed by atoms with Crippen molar-refractivity contribution in [1.29, 1.82) is 0 Å². The third kappa shape index (κ3) is 3.99. The first kappa shape index (κ1) is 15.9. The molecular formula is C16H19ClN2OS. The van der Waals surface area contributed by atoms with Crippen LogP contribution in [0.1, 0.15) is 41.5 Å². The van der Waals surface area contributed by atoms with Crippen molar-refractivity contribution in [3.63, 3.8) is 0 Å². The van der Waals surface area contributed by atoms with Gasteiger partial charge in [0.25, 0.3) is 5.91 Å². The molecule has 0 saturated heterocycles. The number of hydrogen-bond acceptors (Lipinski definition) is 3. The second-order valence-electron chi connectivity index (χ2n) is 4.67. The molecule has 3 nitrogen and oxygen atoms in total. The summed E-state index contributed by atoms with van der Waals surface area (Å²) in [5.74, 6) is -0.103. The van der Waals surface area contributed by atoms with Crippen LogP contribution in [-0.2, 0) is 0 Å². The molecule has 0 radical (unpaired) electrons. The van der Waals surface area contributed by atoms with Crippen LogP contribution in [0, 0.1) is 0 Å². The summed E-state index contributed by atoms with van der Waals surface area (Å²) in [6.07, 6.45) is 0.851. The zero-order chi connectivity index (χ0) is 15.2. The lowest BCUT2D eigenvalue weighted by atomic mass is 10.1. The highest BCUT2D eigenvalue weighted by atomic mass is 35.5. The summed E-state index contributed by atoms with van der Waals surface area (Å²) in [4.78, 5) is 13.7. The van der Waals surface area contributed by atoms with Gasteiger partial charge in [-0.1, -0.05) is 24.6 Å². The molecule has 2 aromatic rings. The molecule has 0 aliphatic carbocycles. The van der Waals surface area contributed by atoms with E-state index >= 15 is 0 Å². The lowest BCUT2D eigenvalue weighted by molar-refractivity contribution is 0.0937. The van der Waals surface area contributed by atoms with Crippen molar-refractivity contribution in [1.82, 2.24) is 5.32 Å². The normalized spacial score (nSPS) is 12.0. The first-order valence-corrected chi connectivity index (χ1v) is 8.29. The topological polar surface area (TPSA) is 41.1 Å². The Labute approximate surface area is 134 Å². The molecule has 21 heavy (non-hydrogen) atoms. The third-order valence-electron chi connectivity index (χ3n) is 3.19. The van der Waals surface area contributed by atoms with Crippen LogP contribution >= 0.6 is 22.9 Å². The zero-order valence-electron chi connectivity index (χ0n) is 12.2. The Morgan fingerprint density at radius 2 is 2.14 bits per heavy atom. The molecule has 0 spiro atoms. The summed E-state index contributed by atoms with van der Waals surface area (Å²) in [5, 5.41) is 8.86. The van der Waals surface area contributed by atoms with E-state index in [0.29, 0.717) is 10.6 Å². The van der Waals surface area contributed by atoms with Gasteiger partial charge in [-0.05, 0) is 43.0 Å². The van der Waals surface area contributed by atoms with Crippen molar-refractivity contribution in [2.75, 3.05) is 11.9 Å². The van der Waals surface area contributed by atoms with Gasteiger partial charge < -0.3 is 10.6 Å². The number of thiophene rings is 1. The molecule has 0 aliphatic heterocycles. The van der Waals surface area contributed by atoms with Crippen LogP contribution in [0.5, 0.6) is 0 Å². The Morgan fingerprint density at radius 1 is 1.33 bits per heavy atom. The average molecular weight is 323 g/mol. The summed E-state index contributed by atoms with van der Waals surface area (Å²) in [6.45, 7) is 4.81. The van der Waals surface area contributed by atoms with E-state index in [0.717, 1.165) is 23.5 Å². The van der Waals surface area contributed by atoms with Crippen molar-refractivity contribution in [2.24, 2.45) is 0 Å². The lowest BCUT2D eigenvalue weighted by Crippen LogP contribution is -2.28. The first-order valence-electron chi connectivity index (χ1n) is 7.03. The molecule has 0 aliphatic rings. The zero-order valence-corrected chi connectivity index (χ0v) is 13.7. The monoisotopic (exact) mass is 322 g/mol. The average Bonchev–Trinajstić information content (AvgIpc) is 3.00. The molecule has 1 heterocycles. The Kier molecular flexibility index (Phi) is 5.65. The number of carbonyl (C=O) groups excluding carboxylic acids is 1. The molecular weight excluding hydrogens is 304 g/mol. The van der Waals surface area contributed by atoms with Gasteiger partial charge in [0, 0.05) is 22.1 Å². The fourth-order valence-corrected chi connectivity index (χ4v) is 3.18. The van der Waals surface area contributed by atoms with E-state index in [4.69, 9.17) is 11.6 Å². The van der Waals surface area contributed by atoms with Gasteiger partial charge in [0.15, 0.2) is 0 Å². The molecule has 1 amide bonds. The number of amides is 1. The fraction of sp³-hybridized carbons (Fsp3) is 0.312. The predicted molar refractivity (Wildman–Crippen MR) is 90.4 cm³/mol. The minimum atomic E-state index is -0.103. The highest BCUT2D eigenvalue weighted by Crippen LogP contribution is 2.25. The molecule has 1 unspecified atom stereocenters. The number of halogens is 1. The summed E-state index contributed by atoms with van der Waals surface area (Å²) < 4.78 is 0. The van der Waals surface area contributed by atoms with Crippen LogP contribution in [0.15, 0.2) is 35.7 Å². The molecule has 0 saturated carbocycles. The number of nitrogens with one attached hydrogen (secondary N) is 2. The van der Waals surface area contributed by atoms with Gasteiger partial charge in [0.05, 0.1) is 11.6 Å². The van der Waals surface area contributed by atoms with E-state index in [1.807, 2.05) is 30.5 Å². The molecule has 1 aromatic heterocycles. The summed E-state index contributed by atoms with van der Waals surface area (Å²) in [5.41, 5.74) is 1.39. The molecule has 1 atom stereocenters. The third-order valence-corrected chi connectivity index (χ3v) is 4.41. The van der Waals surface area contributed by atoms with Gasteiger partial charge >= 0.3 is 0 Å². The summed E-state index contributed by atoms with van der Waals surface area (Å²) in [7, 11) is 0. The maximum absolute atomic E-state index is 12.6. The van der Waals surface area contributed by atoms with Crippen LogP contribution in [-0.4, -0.2) is 12.5 Å². The largest absolute Gasteiger partial charge is 0.385 e. The van der Waals surface area contributed by atoms with Crippen molar-refractivity contribution in [3.8, 4) is 0 Å². The molecule has 2 rings (SSSR count). The van der Waals surface area contributed by atoms with Gasteiger partial charge in [-0.3, -0.25) is 4.79 Å². The van der Waals surface area contributed by atoms with Crippen molar-refractivity contribution in [2.45, 2.75) is 26.3 Å². The number of carbonyl (C=O) groups is 1.